The van der Waals surface area contributed by atoms with Gasteiger partial charge in [-0.3, -0.25) is 58.0 Å². The minimum Gasteiger partial charge on any atom is -0.490 e. The normalized spacial score (nSPS) is 15.7. The van der Waals surface area contributed by atoms with Crippen molar-refractivity contribution < 1.29 is 85.8 Å². The number of urea groups is 2. The molecule has 4 unspecified atom stereocenters. The monoisotopic (exact) mass is 1190 g/mol. The summed E-state index contributed by atoms with van der Waals surface area (Å²) in [6, 6.07) is 23.2. The molecule has 0 aromatic heterocycles. The van der Waals surface area contributed by atoms with Crippen LogP contribution in [0.1, 0.15) is 69.1 Å². The Hall–Kier alpha value is -9.62. The predicted molar refractivity (Wildman–Crippen MR) is 307 cm³/mol. The summed E-state index contributed by atoms with van der Waals surface area (Å²) in [5.41, 5.74) is 1.49. The molecule has 0 bridgehead atoms. The number of esters is 4. The number of hydrogen-bond acceptors (Lipinski definition) is 18. The van der Waals surface area contributed by atoms with Crippen LogP contribution in [0.4, 0.5) is 9.59 Å². The molecule has 86 heavy (non-hydrogen) atoms. The maximum atomic E-state index is 15.6. The second-order valence-electron chi connectivity index (χ2n) is 21.1. The summed E-state index contributed by atoms with van der Waals surface area (Å²) in [7, 11) is 12.8. The molecule has 2 fully saturated rings. The molecule has 2 aliphatic rings. The van der Waals surface area contributed by atoms with E-state index in [2.05, 4.69) is 0 Å². The fourth-order valence-electron chi connectivity index (χ4n) is 9.38. The Morgan fingerprint density at radius 2 is 0.512 bits per heavy atom. The van der Waals surface area contributed by atoms with Crippen LogP contribution < -0.4 is 18.9 Å². The van der Waals surface area contributed by atoms with Gasteiger partial charge in [0.25, 0.3) is 23.6 Å². The predicted octanol–water partition coefficient (Wildman–Crippen LogP) is 3.96. The summed E-state index contributed by atoms with van der Waals surface area (Å²) in [6.07, 6.45) is -7.76. The highest BCUT2D eigenvalue weighted by Gasteiger charge is 2.61. The van der Waals surface area contributed by atoms with Crippen molar-refractivity contribution in [1.29, 1.82) is 0 Å². The van der Waals surface area contributed by atoms with Crippen LogP contribution in [0.3, 0.4) is 0 Å². The zero-order chi connectivity index (χ0) is 63.1. The summed E-state index contributed by atoms with van der Waals surface area (Å²) >= 11 is 0. The Bertz CT molecular complexity index is 2660. The number of benzene rings is 4. The van der Waals surface area contributed by atoms with Crippen molar-refractivity contribution in [2.24, 2.45) is 0 Å². The fourth-order valence-corrected chi connectivity index (χ4v) is 9.38. The largest absolute Gasteiger partial charge is 0.490 e. The highest BCUT2D eigenvalue weighted by molar-refractivity contribution is 5.95. The van der Waals surface area contributed by atoms with Crippen LogP contribution in [-0.2, 0) is 38.1 Å². The Kier molecular flexibility index (Phi) is 22.7. The van der Waals surface area contributed by atoms with Gasteiger partial charge in [-0.25, -0.2) is 9.59 Å². The summed E-state index contributed by atoms with van der Waals surface area (Å²) < 4.78 is 47.7. The van der Waals surface area contributed by atoms with Gasteiger partial charge in [0.1, 0.15) is 61.8 Å². The Labute approximate surface area is 498 Å². The zero-order valence-corrected chi connectivity index (χ0v) is 50.3. The second-order valence-corrected chi connectivity index (χ2v) is 21.1. The van der Waals surface area contributed by atoms with Gasteiger partial charge < -0.3 is 57.5 Å². The van der Waals surface area contributed by atoms with Gasteiger partial charge in [0.05, 0.1) is 26.2 Å². The lowest BCUT2D eigenvalue weighted by atomic mass is 10.2. The first-order valence-corrected chi connectivity index (χ1v) is 27.3. The highest BCUT2D eigenvalue weighted by atomic mass is 16.6. The van der Waals surface area contributed by atoms with E-state index in [-0.39, 0.29) is 73.1 Å². The van der Waals surface area contributed by atoms with Gasteiger partial charge in [0, 0.05) is 106 Å². The van der Waals surface area contributed by atoms with Crippen LogP contribution in [0.15, 0.2) is 97.1 Å². The van der Waals surface area contributed by atoms with Crippen molar-refractivity contribution in [2.75, 3.05) is 109 Å². The maximum absolute atomic E-state index is 15.6. The van der Waals surface area contributed by atoms with E-state index in [1.807, 2.05) is 0 Å². The van der Waals surface area contributed by atoms with E-state index in [1.165, 1.54) is 39.2 Å². The van der Waals surface area contributed by atoms with E-state index in [0.717, 1.165) is 27.7 Å². The van der Waals surface area contributed by atoms with Crippen molar-refractivity contribution in [3.05, 3.63) is 119 Å². The van der Waals surface area contributed by atoms with Crippen molar-refractivity contribution >= 4 is 59.6 Å². The molecule has 2 heterocycles. The highest BCUT2D eigenvalue weighted by Crippen LogP contribution is 2.37. The van der Waals surface area contributed by atoms with Crippen LogP contribution in [0.25, 0.3) is 0 Å². The number of rotatable bonds is 28. The van der Waals surface area contributed by atoms with Crippen molar-refractivity contribution in [2.45, 2.75) is 64.4 Å². The molecule has 4 atom stereocenters. The van der Waals surface area contributed by atoms with Gasteiger partial charge in [-0.15, -0.1) is 0 Å². The molecule has 8 amide bonds. The molecule has 462 valence electrons. The third-order valence-electron chi connectivity index (χ3n) is 13.2. The number of amides is 8. The number of nitrogens with zero attached hydrogens (tertiary/aromatic N) is 8. The van der Waals surface area contributed by atoms with Gasteiger partial charge in [-0.2, -0.15) is 0 Å². The van der Waals surface area contributed by atoms with Gasteiger partial charge in [0.15, 0.2) is 24.4 Å². The average molecular weight is 1200 g/mol. The first-order chi connectivity index (χ1) is 40.7. The molecule has 26 heteroatoms. The average Bonchev–Trinajstić information content (AvgIpc) is 1.64. The summed E-state index contributed by atoms with van der Waals surface area (Å²) in [5.74, 6) is -2.97. The lowest BCUT2D eigenvalue weighted by molar-refractivity contribution is -0.151. The molecular weight excluding hydrogens is 1120 g/mol. The molecule has 0 radical (unpaired) electrons. The minimum atomic E-state index is -1.37. The number of ether oxygens (including phenoxy) is 8. The van der Waals surface area contributed by atoms with E-state index in [0.29, 0.717) is 22.3 Å². The first kappa shape index (κ1) is 65.5. The lowest BCUT2D eigenvalue weighted by Gasteiger charge is -2.34. The van der Waals surface area contributed by atoms with Crippen molar-refractivity contribution in [3.8, 4) is 23.0 Å². The molecule has 0 N–H and O–H groups in total. The quantitative estimate of drug-likeness (QED) is 0.0575. The maximum Gasteiger partial charge on any atom is 0.323 e. The van der Waals surface area contributed by atoms with Gasteiger partial charge in [-0.1, -0.05) is 0 Å². The van der Waals surface area contributed by atoms with Gasteiger partial charge in [0.2, 0.25) is 0 Å². The second kappa shape index (κ2) is 29.8. The van der Waals surface area contributed by atoms with E-state index >= 15 is 9.59 Å². The number of carbonyl (C=O) groups excluding carboxylic acids is 10. The van der Waals surface area contributed by atoms with Crippen LogP contribution >= 0.6 is 0 Å². The van der Waals surface area contributed by atoms with Crippen LogP contribution in [0.2, 0.25) is 0 Å². The molecule has 2 aliphatic heterocycles. The van der Waals surface area contributed by atoms with Gasteiger partial charge >= 0.3 is 35.9 Å². The Morgan fingerprint density at radius 1 is 0.337 bits per heavy atom. The number of carbonyl (C=O) groups is 10. The molecule has 6 rings (SSSR count). The lowest BCUT2D eigenvalue weighted by Crippen LogP contribution is -2.53. The summed E-state index contributed by atoms with van der Waals surface area (Å²) in [6.45, 7) is 1.39. The van der Waals surface area contributed by atoms with Gasteiger partial charge in [-0.05, 0) is 97.1 Å². The summed E-state index contributed by atoms with van der Waals surface area (Å²) in [5, 5.41) is 0. The Balaban J connectivity index is 1.43. The standard InChI is InChI=1S/C60H74N8O18/c1-37(69)83-49(33-79-45-21-13-41(14-22-45)55(73)61(5)6)29-65-53-54(67(59(65)77)31-51(85-39(3)71)35-81-47-25-17-43(18-26-47)57(75)63(9)10)68(32-52(86-40(4)72)36-82-48-27-19-44(20-28-48)58(76)64(11)12)60(78)66(53)30-50(84-38(2)70)34-80-46-23-15-42(16-24-46)56(74)62(7)8/h13-28,49-54H,29-36H2,1-12H3. The number of fused-ring (bicyclic) bond motifs is 1. The third-order valence-corrected chi connectivity index (χ3v) is 13.2. The van der Waals surface area contributed by atoms with Crippen LogP contribution in [-0.4, -0.2) is 245 Å². The fraction of sp³-hybridized carbons (Fsp3) is 0.433. The van der Waals surface area contributed by atoms with E-state index in [1.54, 1.807) is 153 Å². The smallest absolute Gasteiger partial charge is 0.323 e. The molecule has 0 aliphatic carbocycles. The minimum absolute atomic E-state index is 0.259. The zero-order valence-electron chi connectivity index (χ0n) is 50.3. The topological polar surface area (TPSA) is 270 Å². The summed E-state index contributed by atoms with van der Waals surface area (Å²) in [4.78, 5) is 144. The van der Waals surface area contributed by atoms with Crippen molar-refractivity contribution in [1.82, 2.24) is 39.2 Å². The molecule has 2 saturated heterocycles. The molecule has 0 saturated carbocycles. The number of hydrogen-bond donors (Lipinski definition) is 0. The molecule has 26 nitrogen and oxygen atoms in total. The van der Waals surface area contributed by atoms with E-state index < -0.39 is 98.9 Å². The molecule has 4 aromatic carbocycles. The Morgan fingerprint density at radius 3 is 0.663 bits per heavy atom. The van der Waals surface area contributed by atoms with Crippen molar-refractivity contribution in [3.63, 3.8) is 0 Å². The van der Waals surface area contributed by atoms with Crippen LogP contribution in [0.5, 0.6) is 23.0 Å². The van der Waals surface area contributed by atoms with E-state index in [4.69, 9.17) is 37.9 Å². The van der Waals surface area contributed by atoms with E-state index in [9.17, 15) is 38.4 Å². The third kappa shape index (κ3) is 17.7. The molecular formula is C60H74N8O18. The SMILES string of the molecule is CC(=O)OC(COc1ccc(C(=O)N(C)C)cc1)CN1C(=O)N(CC(COc2ccc(C(=O)N(C)C)cc2)OC(C)=O)C2C1N(CC(COc1ccc(C(=O)N(C)C)cc1)OC(C)=O)C(=O)N2CC(COc1ccc(C(=O)N(C)C)cc1)OC(C)=O. The first-order valence-electron chi connectivity index (χ1n) is 27.3. The van der Waals surface area contributed by atoms with Crippen LogP contribution in [0, 0.1) is 0 Å². The molecule has 0 spiro atoms. The molecule has 4 aromatic rings.